The molecule has 4 aromatic carbocycles. The number of hydrogen-bond donors (Lipinski definition) is 10. The zero-order chi connectivity index (χ0) is 98.0. The summed E-state index contributed by atoms with van der Waals surface area (Å²) in [5, 5.41) is 42.3. The molecule has 750 valence electrons. The van der Waals surface area contributed by atoms with Crippen molar-refractivity contribution >= 4 is 80.6 Å². The van der Waals surface area contributed by atoms with Gasteiger partial charge in [0.1, 0.15) is 42.3 Å². The number of benzene rings is 4. The second-order valence-corrected chi connectivity index (χ2v) is 39.4. The number of aromatic nitrogens is 3. The lowest BCUT2D eigenvalue weighted by Crippen LogP contribution is -2.60. The summed E-state index contributed by atoms with van der Waals surface area (Å²) in [5.41, 5.74) is 7.25. The number of rotatable bonds is 54. The van der Waals surface area contributed by atoms with Crippen LogP contribution in [0.1, 0.15) is 227 Å². The van der Waals surface area contributed by atoms with Crippen molar-refractivity contribution < 1.29 is 109 Å². The lowest BCUT2D eigenvalue weighted by Gasteiger charge is -2.56. The molecule has 5 aromatic rings. The molecule has 11 rings (SSSR count). The molecule has 10 atom stereocenters. The standard InChI is InChI=1S/C101H142N12O23S/c1-69(2)91(95(122)105-70(3)93(120)106-76-32-28-72-30-34-84-98(4,78(72)65-76)40-17-42-100(84,6)96(123)109-97(124)101(7)43-18-41-99(5)79-66-77(114)33-29-73(79)31-35-85(99)101)108-94(121)80(107-88(117)39-49-129-53-57-133-60-62-134-58-54-130-50-45-103-86(115)36-37-90(119)112-67-75-21-12-11-19-71(75)26-27-74-20-13-14-23-81(74)112)22-15-16-44-102-89(118)68-136-83-25-10-8-9-24-82-92(83)110-111-113(82)47-51-131-55-59-135-63-61-132-56-52-128-48-38-87(116)104-46-64-137(125,126)127/h11-14,19-21,23,28-29,32-33,65-66,69-70,80,83-85,91,114H,8-10,15-18,22,24-25,30-31,34-64,67-68H2,1-7H3,(H,102,118)(H,103,115)(H,104,116)(H,105,122)(H,106,120)(H,107,117)(H,108,121)(H,109,123,124)(H,125,126,127)/t70-,80+,83?,84+,85+,91-,98+,99+,100-,101-/m0/s1. The Morgan fingerprint density at radius 2 is 1.07 bits per heavy atom. The minimum Gasteiger partial charge on any atom is -0.508 e. The number of carbonyl (C=O) groups is 10. The van der Waals surface area contributed by atoms with Crippen molar-refractivity contribution in [2.24, 2.45) is 28.6 Å². The predicted molar refractivity (Wildman–Crippen MR) is 510 cm³/mol. The number of amides is 10. The van der Waals surface area contributed by atoms with E-state index < -0.39 is 91.8 Å². The highest BCUT2D eigenvalue weighted by atomic mass is 32.2. The number of anilines is 2. The monoisotopic (exact) mass is 1920 g/mol. The van der Waals surface area contributed by atoms with Crippen molar-refractivity contribution in [3.63, 3.8) is 0 Å². The van der Waals surface area contributed by atoms with Gasteiger partial charge in [-0.2, -0.15) is 8.42 Å². The molecule has 0 bridgehead atoms. The summed E-state index contributed by atoms with van der Waals surface area (Å²) in [4.78, 5) is 140. The largest absolute Gasteiger partial charge is 0.508 e. The van der Waals surface area contributed by atoms with Gasteiger partial charge in [0.25, 0.3) is 10.1 Å². The summed E-state index contributed by atoms with van der Waals surface area (Å²) in [6, 6.07) is 23.3. The van der Waals surface area contributed by atoms with E-state index in [4.69, 9.17) is 47.2 Å². The van der Waals surface area contributed by atoms with Gasteiger partial charge in [-0.3, -0.25) is 57.8 Å². The van der Waals surface area contributed by atoms with E-state index in [9.17, 15) is 61.5 Å². The van der Waals surface area contributed by atoms with Gasteiger partial charge in [-0.25, -0.2) is 4.68 Å². The predicted octanol–water partition coefficient (Wildman–Crippen LogP) is 8.34. The van der Waals surface area contributed by atoms with Crippen molar-refractivity contribution in [2.75, 3.05) is 148 Å². The molecule has 10 N–H and O–H groups in total. The molecule has 1 aliphatic heterocycles. The van der Waals surface area contributed by atoms with E-state index in [0.717, 1.165) is 110 Å². The zero-order valence-corrected chi connectivity index (χ0v) is 81.4. The number of aryl methyl sites for hydroxylation is 2. The molecule has 36 heteroatoms. The average molecular weight is 1920 g/mol. The van der Waals surface area contributed by atoms with Gasteiger partial charge in [0.2, 0.25) is 59.1 Å². The Kier molecular flexibility index (Phi) is 41.3. The number of carbonyl (C=O) groups excluding carboxylic acids is 10. The Balaban J connectivity index is 0.609. The Hall–Kier alpha value is -10.2. The third-order valence-electron chi connectivity index (χ3n) is 27.7. The van der Waals surface area contributed by atoms with E-state index in [1.165, 1.54) is 5.56 Å². The Morgan fingerprint density at radius 3 is 1.71 bits per heavy atom. The minimum atomic E-state index is -4.15. The molecule has 137 heavy (non-hydrogen) atoms. The molecule has 10 amide bonds. The summed E-state index contributed by atoms with van der Waals surface area (Å²) in [7, 11) is -4.15. The first kappa shape index (κ1) is 107. The van der Waals surface area contributed by atoms with Crippen LogP contribution in [0, 0.1) is 40.4 Å². The lowest BCUT2D eigenvalue weighted by atomic mass is 9.49. The number of aromatic hydroxyl groups is 1. The van der Waals surface area contributed by atoms with Crippen LogP contribution in [0.3, 0.4) is 0 Å². The number of fused-ring (bicyclic) bond motifs is 9. The van der Waals surface area contributed by atoms with E-state index in [-0.39, 0.29) is 184 Å². The number of nitrogens with one attached hydrogen (secondary N) is 8. The Bertz CT molecular complexity index is 5100. The van der Waals surface area contributed by atoms with E-state index in [0.29, 0.717) is 102 Å². The molecule has 35 nitrogen and oxygen atoms in total. The first-order valence-electron chi connectivity index (χ1n) is 48.8. The van der Waals surface area contributed by atoms with Crippen molar-refractivity contribution in [1.82, 2.24) is 52.2 Å². The van der Waals surface area contributed by atoms with Gasteiger partial charge in [0, 0.05) is 62.1 Å². The first-order chi connectivity index (χ1) is 65.9. The molecule has 1 unspecified atom stereocenters. The third kappa shape index (κ3) is 30.9. The van der Waals surface area contributed by atoms with Gasteiger partial charge in [-0.15, -0.1) is 5.10 Å². The Morgan fingerprint density at radius 1 is 0.518 bits per heavy atom. The molecule has 1 aromatic heterocycles. The lowest BCUT2D eigenvalue weighted by molar-refractivity contribution is -0.150. The molecule has 0 spiro atoms. The maximum absolute atomic E-state index is 15.0. The molecule has 2 fully saturated rings. The van der Waals surface area contributed by atoms with E-state index in [1.807, 2.05) is 97.4 Å². The van der Waals surface area contributed by atoms with E-state index in [2.05, 4.69) is 78.5 Å². The van der Waals surface area contributed by atoms with Crippen molar-refractivity contribution in [2.45, 2.75) is 238 Å². The van der Waals surface area contributed by atoms with Crippen molar-refractivity contribution in [1.29, 1.82) is 0 Å². The third-order valence-corrected chi connectivity index (χ3v) is 28.4. The van der Waals surface area contributed by atoms with Crippen LogP contribution in [0.15, 0.2) is 84.9 Å². The minimum absolute atomic E-state index is 0.00449. The number of ether oxygens (including phenoxy) is 9. The average Bonchev–Trinajstić information content (AvgIpc) is 1.14. The molecule has 2 heterocycles. The van der Waals surface area contributed by atoms with Crippen LogP contribution in [0.2, 0.25) is 0 Å². The Labute approximate surface area is 804 Å². The van der Waals surface area contributed by atoms with E-state index in [1.54, 1.807) is 31.7 Å². The summed E-state index contributed by atoms with van der Waals surface area (Å²) in [6.45, 7) is 18.3. The van der Waals surface area contributed by atoms with Crippen LogP contribution in [0.4, 0.5) is 11.4 Å². The second kappa shape index (κ2) is 52.7. The summed E-state index contributed by atoms with van der Waals surface area (Å²) >= 11 is 0. The smallest absolute Gasteiger partial charge is 0.266 e. The normalized spacial score (nSPS) is 21.0. The van der Waals surface area contributed by atoms with Crippen molar-refractivity contribution in [3.8, 4) is 17.6 Å². The number of unbranched alkanes of at least 4 members (excludes halogenated alkanes) is 1. The summed E-state index contributed by atoms with van der Waals surface area (Å²) in [6.07, 6.45) is 12.0. The summed E-state index contributed by atoms with van der Waals surface area (Å²) in [5.74, 6) is 1.45. The number of phenols is 1. The fourth-order valence-electron chi connectivity index (χ4n) is 20.2. The number of para-hydroxylation sites is 1. The SMILES string of the molecule is CC(C)[C@H](NC(=O)[C@@H](CCCCNC(=O)COC1CCCCCc2c1nnn2CCOCCOCCOCCOCCC(=O)NCCS(=O)(=O)O)NC(=O)CCOCCOCCOCCOCCNC(=O)CCC(=O)N1Cc2ccccc2C#Cc2ccccc21)C(=O)N[C@@H](C)C(=O)Nc1ccc2c(c1)[C@@]1(C)CCC[C@](C)(C(=O)NC(=O)[C@@]3(C)CCC[C@]4(C)c5cc(O)ccc5CC[C@@H]34)[C@@H]1CC2. The maximum Gasteiger partial charge on any atom is 0.266 e. The highest BCUT2D eigenvalue weighted by Crippen LogP contribution is 2.60. The van der Waals surface area contributed by atoms with E-state index >= 15 is 0 Å². The topological polar surface area (TPSA) is 459 Å². The molecule has 5 aliphatic carbocycles. The summed E-state index contributed by atoms with van der Waals surface area (Å²) < 4.78 is 83.5. The quantitative estimate of drug-likeness (QED) is 0.00756. The molecular weight excluding hydrogens is 1780 g/mol. The molecule has 0 radical (unpaired) electrons. The van der Waals surface area contributed by atoms with Gasteiger partial charge in [0.15, 0.2) is 0 Å². The first-order valence-corrected chi connectivity index (χ1v) is 50.4. The molecule has 6 aliphatic rings. The van der Waals surface area contributed by atoms with Crippen LogP contribution in [-0.4, -0.2) is 248 Å². The fourth-order valence-corrected chi connectivity index (χ4v) is 20.6. The number of imide groups is 1. The number of nitrogens with zero attached hydrogens (tertiary/aromatic N) is 4. The van der Waals surface area contributed by atoms with Gasteiger partial charge >= 0.3 is 0 Å². The highest BCUT2D eigenvalue weighted by Gasteiger charge is 2.59. The van der Waals surface area contributed by atoms with Crippen LogP contribution >= 0.6 is 0 Å². The van der Waals surface area contributed by atoms with Gasteiger partial charge in [-0.05, 0) is 196 Å². The van der Waals surface area contributed by atoms with Crippen LogP contribution in [0.5, 0.6) is 5.75 Å². The van der Waals surface area contributed by atoms with Crippen molar-refractivity contribution in [3.05, 3.63) is 135 Å². The molecular formula is C101H142N12O23S. The maximum atomic E-state index is 15.0. The second-order valence-electron chi connectivity index (χ2n) is 37.8. The number of hydrogen-bond acceptors (Lipinski definition) is 24. The fraction of sp³-hybridized carbons (Fsp3) is 0.624. The molecule has 0 saturated heterocycles. The van der Waals surface area contributed by atoms with Gasteiger partial charge in [-0.1, -0.05) is 127 Å². The zero-order valence-electron chi connectivity index (χ0n) is 80.6. The van der Waals surface area contributed by atoms with Gasteiger partial charge < -0.3 is 89.9 Å². The van der Waals surface area contributed by atoms with Crippen LogP contribution in [0.25, 0.3) is 0 Å². The van der Waals surface area contributed by atoms with Gasteiger partial charge in [0.05, 0.1) is 147 Å². The number of phenolic OH excluding ortho intramolecular Hbond substituents is 1. The van der Waals surface area contributed by atoms with Crippen LogP contribution < -0.4 is 47.4 Å². The molecule has 2 saturated carbocycles. The highest BCUT2D eigenvalue weighted by molar-refractivity contribution is 7.85. The van der Waals surface area contributed by atoms with Crippen LogP contribution in [-0.2, 0) is 144 Å².